The number of unbranched alkanes of at least 4 members (excludes halogenated alkanes) is 8. The van der Waals surface area contributed by atoms with Gasteiger partial charge in [0.25, 0.3) is 0 Å². The topological polar surface area (TPSA) is 195 Å². The van der Waals surface area contributed by atoms with E-state index in [1.807, 2.05) is 0 Å². The lowest BCUT2D eigenvalue weighted by atomic mass is 9.82. The summed E-state index contributed by atoms with van der Waals surface area (Å²) < 4.78 is 20.8. The number of ketones is 1. The smallest absolute Gasteiger partial charge is 0.412 e. The maximum Gasteiger partial charge on any atom is 0.412 e. The number of nitrogens with zero attached hydrogens (tertiary/aromatic N) is 1. The Hall–Kier alpha value is -4.90. The standard InChI is InChI=1S/C43H62N2O12/c1-5-7-9-12-15-20-34(46)21-16-13-10-11-14-17-22-36(43(53,41(50)51)31-38(47)56-32(3)57-42(52)45-27-18-19-28-45)39(48)44-37(40(49)54-4)30-33-23-25-35(26-24-33)55-29-8-6-2/h17,22-26,32,36-37,53H,5,7,9-16,18-21,27-31H2,1-4H3,(H,44,48)(H,50,51)/t32?,36-,37+,43+/m1/s1. The molecular formula is C43H62N2O12. The molecule has 0 bridgehead atoms. The van der Waals surface area contributed by atoms with Crippen LogP contribution < -0.4 is 10.1 Å². The van der Waals surface area contributed by atoms with Gasteiger partial charge in [-0.25, -0.2) is 14.4 Å². The lowest BCUT2D eigenvalue weighted by molar-refractivity contribution is -0.182. The molecule has 1 fully saturated rings. The Bertz CT molecular complexity index is 1530. The van der Waals surface area contributed by atoms with Crippen molar-refractivity contribution in [1.82, 2.24) is 10.2 Å². The van der Waals surface area contributed by atoms with Crippen LogP contribution in [0, 0.1) is 17.8 Å². The molecule has 1 aliphatic rings. The molecule has 1 heterocycles. The molecule has 4 atom stereocenters. The number of rotatable bonds is 27. The fraction of sp³-hybridized carbons (Fsp3) is 0.628. The van der Waals surface area contributed by atoms with Gasteiger partial charge in [0.2, 0.25) is 12.2 Å². The van der Waals surface area contributed by atoms with Gasteiger partial charge in [0.15, 0.2) is 5.60 Å². The summed E-state index contributed by atoms with van der Waals surface area (Å²) in [6.45, 7) is 6.28. The van der Waals surface area contributed by atoms with Crippen LogP contribution in [0.1, 0.15) is 123 Å². The van der Waals surface area contributed by atoms with E-state index in [9.17, 15) is 39.0 Å². The zero-order valence-corrected chi connectivity index (χ0v) is 34.1. The number of amides is 2. The van der Waals surface area contributed by atoms with E-state index in [1.165, 1.54) is 24.3 Å². The number of hydrogen-bond donors (Lipinski definition) is 3. The van der Waals surface area contributed by atoms with Gasteiger partial charge in [0, 0.05) is 39.3 Å². The number of carbonyl (C=O) groups excluding carboxylic acids is 5. The van der Waals surface area contributed by atoms with Crippen molar-refractivity contribution in [2.45, 2.75) is 141 Å². The van der Waals surface area contributed by atoms with E-state index in [2.05, 4.69) is 24.1 Å². The molecule has 0 radical (unpaired) electrons. The predicted octanol–water partition coefficient (Wildman–Crippen LogP) is 6.06. The fourth-order valence-corrected chi connectivity index (χ4v) is 6.34. The van der Waals surface area contributed by atoms with E-state index >= 15 is 0 Å². The van der Waals surface area contributed by atoms with Crippen LogP contribution in [0.5, 0.6) is 5.75 Å². The minimum Gasteiger partial charge on any atom is -0.481 e. The Balaban J connectivity index is 2.17. The zero-order chi connectivity index (χ0) is 42.1. The summed E-state index contributed by atoms with van der Waals surface area (Å²) >= 11 is 0. The molecule has 1 saturated heterocycles. The average molecular weight is 799 g/mol. The number of carboxylic acids is 1. The molecular weight excluding hydrogens is 736 g/mol. The largest absolute Gasteiger partial charge is 0.481 e. The van der Waals surface area contributed by atoms with Crippen molar-refractivity contribution >= 4 is 35.7 Å². The molecule has 14 nitrogen and oxygen atoms in total. The van der Waals surface area contributed by atoms with E-state index in [-0.39, 0.29) is 18.8 Å². The van der Waals surface area contributed by atoms with Crippen LogP contribution in [-0.2, 0) is 44.6 Å². The first-order chi connectivity index (χ1) is 27.3. The van der Waals surface area contributed by atoms with Gasteiger partial charge in [0.05, 0.1) is 19.4 Å². The van der Waals surface area contributed by atoms with Crippen molar-refractivity contribution in [1.29, 1.82) is 0 Å². The lowest BCUT2D eigenvalue weighted by Gasteiger charge is -2.30. The van der Waals surface area contributed by atoms with E-state index in [4.69, 9.17) is 18.9 Å². The van der Waals surface area contributed by atoms with Crippen molar-refractivity contribution in [2.24, 2.45) is 5.92 Å². The van der Waals surface area contributed by atoms with Gasteiger partial charge in [-0.3, -0.25) is 14.4 Å². The molecule has 3 N–H and O–H groups in total. The second kappa shape index (κ2) is 26.9. The number of benzene rings is 1. The number of aliphatic hydroxyl groups is 1. The number of esters is 2. The third-order valence-corrected chi connectivity index (χ3v) is 9.63. The predicted molar refractivity (Wildman–Crippen MR) is 212 cm³/mol. The zero-order valence-electron chi connectivity index (χ0n) is 34.1. The third-order valence-electron chi connectivity index (χ3n) is 9.63. The van der Waals surface area contributed by atoms with Crippen LogP contribution in [0.15, 0.2) is 36.4 Å². The molecule has 1 aromatic carbocycles. The maximum atomic E-state index is 13.9. The first-order valence-electron chi connectivity index (χ1n) is 20.1. The van der Waals surface area contributed by atoms with Gasteiger partial charge >= 0.3 is 24.0 Å². The first kappa shape index (κ1) is 48.2. The van der Waals surface area contributed by atoms with Crippen LogP contribution in [0.4, 0.5) is 4.79 Å². The van der Waals surface area contributed by atoms with E-state index < -0.39 is 60.2 Å². The number of likely N-dealkylation sites (tertiary alicyclic amines) is 1. The van der Waals surface area contributed by atoms with Gasteiger partial charge in [-0.2, -0.15) is 0 Å². The summed E-state index contributed by atoms with van der Waals surface area (Å²) in [5.74, 6) is -0.565. The first-order valence-corrected chi connectivity index (χ1v) is 20.1. The summed E-state index contributed by atoms with van der Waals surface area (Å²) in [6.07, 6.45) is 11.0. The van der Waals surface area contributed by atoms with E-state index in [0.29, 0.717) is 50.1 Å². The van der Waals surface area contributed by atoms with E-state index in [0.717, 1.165) is 64.9 Å². The van der Waals surface area contributed by atoms with Crippen molar-refractivity contribution in [3.05, 3.63) is 42.0 Å². The molecule has 2 amide bonds. The van der Waals surface area contributed by atoms with Crippen molar-refractivity contribution in [3.8, 4) is 17.6 Å². The molecule has 1 aliphatic heterocycles. The second-order valence-corrected chi connectivity index (χ2v) is 14.3. The highest BCUT2D eigenvalue weighted by Crippen LogP contribution is 2.27. The Labute approximate surface area is 337 Å². The number of aliphatic carboxylic acids is 1. The highest BCUT2D eigenvalue weighted by Gasteiger charge is 2.50. The monoisotopic (exact) mass is 798 g/mol. The van der Waals surface area contributed by atoms with Crippen molar-refractivity contribution in [3.63, 3.8) is 0 Å². The van der Waals surface area contributed by atoms with Crippen molar-refractivity contribution in [2.75, 3.05) is 26.8 Å². The SMILES string of the molecule is CC#CCOc1ccc(C[C@H](NC(=O)[C@@H](C=CCCCCCCC(=O)CCCCCCC)[C@@](O)(CC(=O)OC(C)OC(=O)N2CCCC2)C(=O)O)C(=O)OC)cc1. The summed E-state index contributed by atoms with van der Waals surface area (Å²) in [5, 5.41) is 24.4. The molecule has 1 unspecified atom stereocenters. The number of allylic oxidation sites excluding steroid dienone is 1. The molecule has 14 heteroatoms. The number of hydrogen-bond acceptors (Lipinski definition) is 11. The summed E-state index contributed by atoms with van der Waals surface area (Å²) in [5.41, 5.74) is -2.43. The van der Waals surface area contributed by atoms with Crippen LogP contribution >= 0.6 is 0 Å². The van der Waals surface area contributed by atoms with Gasteiger partial charge in [-0.15, -0.1) is 5.92 Å². The molecule has 1 aromatic rings. The summed E-state index contributed by atoms with van der Waals surface area (Å²) in [6, 6.07) is 5.39. The third kappa shape index (κ3) is 18.3. The highest BCUT2D eigenvalue weighted by atomic mass is 16.7. The molecule has 0 aromatic heterocycles. The normalized spacial score (nSPS) is 15.0. The average Bonchev–Trinajstić information content (AvgIpc) is 3.73. The second-order valence-electron chi connectivity index (χ2n) is 14.3. The van der Waals surface area contributed by atoms with Gasteiger partial charge < -0.3 is 39.4 Å². The number of methoxy groups -OCH3 is 1. The van der Waals surface area contributed by atoms with E-state index in [1.54, 1.807) is 37.3 Å². The van der Waals surface area contributed by atoms with Crippen LogP contribution in [0.3, 0.4) is 0 Å². The Morgan fingerprint density at radius 3 is 2.16 bits per heavy atom. The van der Waals surface area contributed by atoms with Crippen LogP contribution in [0.25, 0.3) is 0 Å². The van der Waals surface area contributed by atoms with Gasteiger partial charge in [-0.05, 0) is 63.1 Å². The number of ether oxygens (including phenoxy) is 4. The number of carbonyl (C=O) groups is 6. The molecule has 0 aliphatic carbocycles. The Morgan fingerprint density at radius 1 is 0.930 bits per heavy atom. The van der Waals surface area contributed by atoms with Gasteiger partial charge in [0.1, 0.15) is 24.2 Å². The molecule has 0 saturated carbocycles. The fourth-order valence-electron chi connectivity index (χ4n) is 6.34. The van der Waals surface area contributed by atoms with Crippen molar-refractivity contribution < 1.29 is 57.9 Å². The quantitative estimate of drug-likeness (QED) is 0.0307. The lowest BCUT2D eigenvalue weighted by Crippen LogP contribution is -2.55. The summed E-state index contributed by atoms with van der Waals surface area (Å²) in [7, 11) is 1.14. The van der Waals surface area contributed by atoms with Crippen LogP contribution in [-0.4, -0.2) is 95.5 Å². The van der Waals surface area contributed by atoms with Gasteiger partial charge in [-0.1, -0.05) is 75.7 Å². The minimum atomic E-state index is -3.03. The molecule has 57 heavy (non-hydrogen) atoms. The number of carboxylic acid groups (broad SMARTS) is 1. The molecule has 2 rings (SSSR count). The Kier molecular flexibility index (Phi) is 22.7. The Morgan fingerprint density at radius 2 is 1.56 bits per heavy atom. The number of nitrogens with one attached hydrogen (secondary N) is 1. The summed E-state index contributed by atoms with van der Waals surface area (Å²) in [4.78, 5) is 78.6. The number of Topliss-reactive ketones (excluding diaryl/α,β-unsaturated/α-hetero) is 1. The van der Waals surface area contributed by atoms with Crippen LogP contribution in [0.2, 0.25) is 0 Å². The molecule has 316 valence electrons. The maximum absolute atomic E-state index is 13.9. The minimum absolute atomic E-state index is 0.0569. The highest BCUT2D eigenvalue weighted by molar-refractivity contribution is 5.95. The molecule has 0 spiro atoms.